The van der Waals surface area contributed by atoms with Crippen molar-refractivity contribution in [3.63, 3.8) is 0 Å². The van der Waals surface area contributed by atoms with E-state index in [1.807, 2.05) is 0 Å². The molecule has 0 saturated carbocycles. The molecule has 0 aliphatic carbocycles. The van der Waals surface area contributed by atoms with E-state index in [0.29, 0.717) is 32.7 Å². The molecule has 1 aromatic carbocycles. The Labute approximate surface area is 143 Å². The molecule has 0 aliphatic heterocycles. The number of rotatable bonds is 3. The van der Waals surface area contributed by atoms with Crippen molar-refractivity contribution < 1.29 is 14.0 Å². The zero-order chi connectivity index (χ0) is 17.0. The van der Waals surface area contributed by atoms with Gasteiger partial charge >= 0.3 is 0 Å². The summed E-state index contributed by atoms with van der Waals surface area (Å²) in [7, 11) is 0. The summed E-state index contributed by atoms with van der Waals surface area (Å²) in [6.45, 7) is 3.40. The molecule has 2 N–H and O–H groups in total. The molecular weight excluding hydrogens is 339 g/mol. The molecule has 0 saturated heterocycles. The molecule has 23 heavy (non-hydrogen) atoms. The molecule has 1 aromatic heterocycles. The van der Waals surface area contributed by atoms with Crippen LogP contribution in [0.1, 0.15) is 27.4 Å². The average Bonchev–Trinajstić information content (AvgIpc) is 2.83. The minimum Gasteiger partial charge on any atom is -0.466 e. The number of benzene rings is 1. The second kappa shape index (κ2) is 7.35. The molecule has 5 nitrogen and oxygen atoms in total. The third-order valence-corrected chi connectivity index (χ3v) is 3.65. The minimum atomic E-state index is -0.521. The summed E-state index contributed by atoms with van der Waals surface area (Å²) in [5.74, 6) is 0.115. The predicted octanol–water partition coefficient (Wildman–Crippen LogP) is 3.68. The second-order valence-corrected chi connectivity index (χ2v) is 5.55. The number of halogens is 2. The zero-order valence-corrected chi connectivity index (χ0v) is 14.0. The monoisotopic (exact) mass is 352 g/mol. The van der Waals surface area contributed by atoms with Crippen LogP contribution in [0.25, 0.3) is 6.08 Å². The summed E-state index contributed by atoms with van der Waals surface area (Å²) in [5.41, 5.74) is 5.46. The van der Waals surface area contributed by atoms with E-state index in [-0.39, 0.29) is 0 Å². The maximum Gasteiger partial charge on any atom is 0.273 e. The van der Waals surface area contributed by atoms with Crippen LogP contribution in [-0.4, -0.2) is 11.8 Å². The van der Waals surface area contributed by atoms with Crippen molar-refractivity contribution in [2.45, 2.75) is 13.8 Å². The van der Waals surface area contributed by atoms with Crippen LogP contribution >= 0.6 is 23.2 Å². The van der Waals surface area contributed by atoms with Gasteiger partial charge in [0.25, 0.3) is 11.8 Å². The van der Waals surface area contributed by atoms with Crippen molar-refractivity contribution in [2.24, 2.45) is 0 Å². The molecule has 0 radical (unpaired) electrons. The van der Waals surface area contributed by atoms with Gasteiger partial charge in [0.2, 0.25) is 0 Å². The average molecular weight is 353 g/mol. The van der Waals surface area contributed by atoms with E-state index < -0.39 is 11.8 Å². The van der Waals surface area contributed by atoms with Gasteiger partial charge in [0.1, 0.15) is 11.5 Å². The van der Waals surface area contributed by atoms with Crippen molar-refractivity contribution in [3.05, 3.63) is 63.0 Å². The van der Waals surface area contributed by atoms with Crippen molar-refractivity contribution in [1.82, 2.24) is 10.9 Å². The number of hydrogen-bond acceptors (Lipinski definition) is 3. The number of hydrazine groups is 1. The predicted molar refractivity (Wildman–Crippen MR) is 89.3 cm³/mol. The fourth-order valence-corrected chi connectivity index (χ4v) is 2.44. The lowest BCUT2D eigenvalue weighted by Gasteiger charge is -2.04. The van der Waals surface area contributed by atoms with Gasteiger partial charge in [-0.2, -0.15) is 0 Å². The molecule has 7 heteroatoms. The third kappa shape index (κ3) is 4.37. The summed E-state index contributed by atoms with van der Waals surface area (Å²) in [6, 6.07) is 6.63. The van der Waals surface area contributed by atoms with Gasteiger partial charge in [-0.3, -0.25) is 20.4 Å². The highest BCUT2D eigenvalue weighted by molar-refractivity contribution is 6.37. The first-order valence-corrected chi connectivity index (χ1v) is 7.43. The Bertz CT molecular complexity index is 761. The zero-order valence-electron chi connectivity index (χ0n) is 12.4. The highest BCUT2D eigenvalue weighted by Crippen LogP contribution is 2.25. The maximum absolute atomic E-state index is 11.9. The SMILES string of the molecule is Cc1cc(C(=O)NNC(=O)/C=C/c2c(Cl)cccc2Cl)c(C)o1. The van der Waals surface area contributed by atoms with Gasteiger partial charge in [0, 0.05) is 21.7 Å². The van der Waals surface area contributed by atoms with Crippen molar-refractivity contribution in [1.29, 1.82) is 0 Å². The molecule has 2 amide bonds. The van der Waals surface area contributed by atoms with Crippen LogP contribution in [0.2, 0.25) is 10.0 Å². The quantitative estimate of drug-likeness (QED) is 0.653. The standard InChI is InChI=1S/C16H14Cl2N2O3/c1-9-8-12(10(2)23-9)16(22)20-19-15(21)7-6-11-13(17)4-3-5-14(11)18/h3-8H,1-2H3,(H,19,21)(H,20,22)/b7-6+. The number of carbonyl (C=O) groups excluding carboxylic acids is 2. The lowest BCUT2D eigenvalue weighted by atomic mass is 10.2. The Morgan fingerprint density at radius 2 is 1.78 bits per heavy atom. The molecule has 2 aromatic rings. The van der Waals surface area contributed by atoms with E-state index in [9.17, 15) is 9.59 Å². The van der Waals surface area contributed by atoms with Crippen molar-refractivity contribution in [3.8, 4) is 0 Å². The smallest absolute Gasteiger partial charge is 0.273 e. The van der Waals surface area contributed by atoms with E-state index in [2.05, 4.69) is 10.9 Å². The van der Waals surface area contributed by atoms with Gasteiger partial charge in [-0.1, -0.05) is 29.3 Å². The van der Waals surface area contributed by atoms with Crippen LogP contribution in [0.5, 0.6) is 0 Å². The Morgan fingerprint density at radius 1 is 1.13 bits per heavy atom. The van der Waals surface area contributed by atoms with Gasteiger partial charge < -0.3 is 4.42 Å². The number of amides is 2. The third-order valence-electron chi connectivity index (χ3n) is 2.99. The molecule has 0 aliphatic rings. The van der Waals surface area contributed by atoms with Gasteiger partial charge in [0.15, 0.2) is 0 Å². The fourth-order valence-electron chi connectivity index (χ4n) is 1.91. The van der Waals surface area contributed by atoms with Crippen LogP contribution in [0.15, 0.2) is 34.8 Å². The van der Waals surface area contributed by atoms with Gasteiger partial charge in [-0.15, -0.1) is 0 Å². The number of nitrogens with one attached hydrogen (secondary N) is 2. The van der Waals surface area contributed by atoms with Crippen LogP contribution in [0, 0.1) is 13.8 Å². The van der Waals surface area contributed by atoms with E-state index in [0.717, 1.165) is 0 Å². The molecule has 2 rings (SSSR count). The van der Waals surface area contributed by atoms with Crippen molar-refractivity contribution >= 4 is 41.1 Å². The topological polar surface area (TPSA) is 71.3 Å². The highest BCUT2D eigenvalue weighted by atomic mass is 35.5. The van der Waals surface area contributed by atoms with Gasteiger partial charge in [-0.05, 0) is 38.1 Å². The molecule has 0 fully saturated rings. The number of aryl methyl sites for hydroxylation is 2. The molecule has 1 heterocycles. The highest BCUT2D eigenvalue weighted by Gasteiger charge is 2.13. The summed E-state index contributed by atoms with van der Waals surface area (Å²) in [4.78, 5) is 23.7. The normalized spacial score (nSPS) is 10.8. The van der Waals surface area contributed by atoms with Crippen LogP contribution in [0.4, 0.5) is 0 Å². The molecule has 0 bridgehead atoms. The van der Waals surface area contributed by atoms with Crippen LogP contribution < -0.4 is 10.9 Å². The molecule has 0 spiro atoms. The molecule has 120 valence electrons. The fraction of sp³-hybridized carbons (Fsp3) is 0.125. The number of hydrogen-bond donors (Lipinski definition) is 2. The Kier molecular flexibility index (Phi) is 5.47. The summed E-state index contributed by atoms with van der Waals surface area (Å²) in [6.07, 6.45) is 2.69. The van der Waals surface area contributed by atoms with E-state index in [4.69, 9.17) is 27.6 Å². The molecule has 0 atom stereocenters. The van der Waals surface area contributed by atoms with Crippen molar-refractivity contribution in [2.75, 3.05) is 0 Å². The molecular formula is C16H14Cl2N2O3. The summed E-state index contributed by atoms with van der Waals surface area (Å²) >= 11 is 12.0. The second-order valence-electron chi connectivity index (χ2n) is 4.74. The summed E-state index contributed by atoms with van der Waals surface area (Å²) < 4.78 is 5.26. The minimum absolute atomic E-state index is 0.362. The van der Waals surface area contributed by atoms with E-state index in [1.165, 1.54) is 12.2 Å². The first-order valence-electron chi connectivity index (χ1n) is 6.68. The van der Waals surface area contributed by atoms with Gasteiger partial charge in [0.05, 0.1) is 5.56 Å². The largest absolute Gasteiger partial charge is 0.466 e. The Balaban J connectivity index is 1.96. The number of carbonyl (C=O) groups is 2. The number of furan rings is 1. The van der Waals surface area contributed by atoms with Gasteiger partial charge in [-0.25, -0.2) is 0 Å². The van der Waals surface area contributed by atoms with E-state index >= 15 is 0 Å². The lowest BCUT2D eigenvalue weighted by molar-refractivity contribution is -0.117. The maximum atomic E-state index is 11.9. The van der Waals surface area contributed by atoms with Crippen LogP contribution in [0.3, 0.4) is 0 Å². The molecule has 0 unspecified atom stereocenters. The lowest BCUT2D eigenvalue weighted by Crippen LogP contribution is -2.40. The Hall–Kier alpha value is -2.24. The first kappa shape index (κ1) is 17.1. The van der Waals surface area contributed by atoms with Crippen LogP contribution in [-0.2, 0) is 4.79 Å². The summed E-state index contributed by atoms with van der Waals surface area (Å²) in [5, 5.41) is 0.852. The van der Waals surface area contributed by atoms with E-state index in [1.54, 1.807) is 38.1 Å². The first-order chi connectivity index (χ1) is 10.9. The Morgan fingerprint density at radius 3 is 2.35 bits per heavy atom.